The Morgan fingerprint density at radius 3 is 2.75 bits per heavy atom. The van der Waals surface area contributed by atoms with Gasteiger partial charge in [-0.3, -0.25) is 4.79 Å². The van der Waals surface area contributed by atoms with Gasteiger partial charge in [0.2, 0.25) is 15.5 Å². The van der Waals surface area contributed by atoms with Crippen molar-refractivity contribution < 1.29 is 13.5 Å². The van der Waals surface area contributed by atoms with Crippen molar-refractivity contribution in [2.75, 3.05) is 6.61 Å². The van der Waals surface area contributed by atoms with Crippen molar-refractivity contribution >= 4 is 10.0 Å². The van der Waals surface area contributed by atoms with Crippen LogP contribution in [0.5, 0.6) is 0 Å². The van der Waals surface area contributed by atoms with Crippen molar-refractivity contribution in [2.24, 2.45) is 0 Å². The second kappa shape index (κ2) is 5.24. The Balaban J connectivity index is 3.04. The van der Waals surface area contributed by atoms with Crippen LogP contribution >= 0.6 is 0 Å². The topological polar surface area (TPSA) is 99.3 Å². The van der Waals surface area contributed by atoms with Crippen molar-refractivity contribution in [2.45, 2.75) is 24.3 Å². The first-order valence-corrected chi connectivity index (χ1v) is 6.30. The first kappa shape index (κ1) is 12.9. The predicted molar refractivity (Wildman–Crippen MR) is 58.5 cm³/mol. The molecule has 0 aliphatic carbocycles. The fourth-order valence-corrected chi connectivity index (χ4v) is 2.51. The molecule has 1 atom stereocenters. The molecule has 1 heterocycles. The summed E-state index contributed by atoms with van der Waals surface area (Å²) in [6, 6.07) is 0.554. The number of aliphatic hydroxyl groups is 1. The van der Waals surface area contributed by atoms with Crippen molar-refractivity contribution in [3.8, 4) is 0 Å². The Morgan fingerprint density at radius 2 is 2.25 bits per heavy atom. The molecular formula is C9H14N2O4S. The summed E-state index contributed by atoms with van der Waals surface area (Å²) >= 11 is 0. The van der Waals surface area contributed by atoms with Crippen LogP contribution in [0.25, 0.3) is 0 Å². The highest BCUT2D eigenvalue weighted by Gasteiger charge is 2.20. The van der Waals surface area contributed by atoms with Gasteiger partial charge in [-0.15, -0.1) is 0 Å². The molecule has 0 aliphatic rings. The van der Waals surface area contributed by atoms with E-state index < -0.39 is 21.5 Å². The van der Waals surface area contributed by atoms with Gasteiger partial charge < -0.3 is 10.1 Å². The minimum Gasteiger partial charge on any atom is -0.395 e. The van der Waals surface area contributed by atoms with Crippen LogP contribution in [0.1, 0.15) is 13.3 Å². The molecular weight excluding hydrogens is 232 g/mol. The lowest BCUT2D eigenvalue weighted by molar-refractivity contribution is 0.254. The lowest BCUT2D eigenvalue weighted by Crippen LogP contribution is -2.38. The first-order chi connectivity index (χ1) is 7.51. The van der Waals surface area contributed by atoms with Crippen LogP contribution in [0.15, 0.2) is 28.2 Å². The molecule has 0 saturated heterocycles. The Hall–Kier alpha value is -1.18. The zero-order valence-corrected chi connectivity index (χ0v) is 9.62. The molecule has 0 amide bonds. The Bertz CT molecular complexity index is 490. The quantitative estimate of drug-likeness (QED) is 0.647. The number of aromatic nitrogens is 1. The number of aromatic amines is 1. The second-order valence-corrected chi connectivity index (χ2v) is 4.96. The summed E-state index contributed by atoms with van der Waals surface area (Å²) in [7, 11) is -3.87. The minimum atomic E-state index is -3.87. The maximum absolute atomic E-state index is 11.7. The van der Waals surface area contributed by atoms with Gasteiger partial charge in [0.15, 0.2) is 0 Å². The maximum atomic E-state index is 11.7. The van der Waals surface area contributed by atoms with E-state index in [0.29, 0.717) is 6.42 Å². The van der Waals surface area contributed by atoms with Crippen LogP contribution in [0, 0.1) is 0 Å². The molecule has 1 unspecified atom stereocenters. The molecule has 1 rings (SSSR count). The minimum absolute atomic E-state index is 0.305. The number of rotatable bonds is 5. The second-order valence-electron chi connectivity index (χ2n) is 3.28. The van der Waals surface area contributed by atoms with Crippen molar-refractivity contribution in [3.63, 3.8) is 0 Å². The van der Waals surface area contributed by atoms with Crippen LogP contribution in [-0.2, 0) is 10.0 Å². The number of nitrogens with one attached hydrogen (secondary N) is 2. The van der Waals surface area contributed by atoms with E-state index in [1.54, 1.807) is 6.92 Å². The van der Waals surface area contributed by atoms with Gasteiger partial charge in [-0.05, 0) is 6.42 Å². The predicted octanol–water partition coefficient (Wildman–Crippen LogP) is -0.576. The van der Waals surface area contributed by atoms with E-state index in [9.17, 15) is 13.2 Å². The first-order valence-electron chi connectivity index (χ1n) is 4.81. The third kappa shape index (κ3) is 2.91. The summed E-state index contributed by atoms with van der Waals surface area (Å²) < 4.78 is 25.7. The van der Waals surface area contributed by atoms with Crippen LogP contribution in [0.4, 0.5) is 0 Å². The largest absolute Gasteiger partial charge is 0.395 e. The molecule has 6 nitrogen and oxygen atoms in total. The van der Waals surface area contributed by atoms with Gasteiger partial charge in [0, 0.05) is 24.5 Å². The van der Waals surface area contributed by atoms with Gasteiger partial charge in [-0.2, -0.15) is 0 Å². The molecule has 16 heavy (non-hydrogen) atoms. The molecule has 3 N–H and O–H groups in total. The Kier molecular flexibility index (Phi) is 4.22. The van der Waals surface area contributed by atoms with E-state index >= 15 is 0 Å². The number of hydrogen-bond acceptors (Lipinski definition) is 4. The number of aliphatic hydroxyl groups excluding tert-OH is 1. The van der Waals surface area contributed by atoms with E-state index in [1.165, 1.54) is 6.20 Å². The highest BCUT2D eigenvalue weighted by atomic mass is 32.2. The van der Waals surface area contributed by atoms with Crippen LogP contribution < -0.4 is 10.2 Å². The Labute approximate surface area is 93.4 Å². The van der Waals surface area contributed by atoms with Gasteiger partial charge in [0.25, 0.3) is 0 Å². The van der Waals surface area contributed by atoms with Gasteiger partial charge >= 0.3 is 0 Å². The molecule has 1 aromatic heterocycles. The van der Waals surface area contributed by atoms with Gasteiger partial charge in [0.1, 0.15) is 4.90 Å². The highest BCUT2D eigenvalue weighted by molar-refractivity contribution is 7.89. The van der Waals surface area contributed by atoms with E-state index in [-0.39, 0.29) is 11.5 Å². The third-order valence-electron chi connectivity index (χ3n) is 2.11. The van der Waals surface area contributed by atoms with Gasteiger partial charge in [-0.1, -0.05) is 6.92 Å². The van der Waals surface area contributed by atoms with Crippen LogP contribution in [-0.4, -0.2) is 31.2 Å². The number of hydrogen-bond donors (Lipinski definition) is 3. The molecule has 1 aromatic rings. The zero-order valence-electron chi connectivity index (χ0n) is 8.80. The number of sulfonamides is 1. The van der Waals surface area contributed by atoms with Crippen LogP contribution in [0.2, 0.25) is 0 Å². The van der Waals surface area contributed by atoms with Crippen molar-refractivity contribution in [3.05, 3.63) is 28.7 Å². The van der Waals surface area contributed by atoms with Gasteiger partial charge in [0.05, 0.1) is 6.61 Å². The number of pyridine rings is 1. The number of H-pyrrole nitrogens is 1. The summed E-state index contributed by atoms with van der Waals surface area (Å²) in [6.07, 6.45) is 2.92. The van der Waals surface area contributed by atoms with Crippen molar-refractivity contribution in [1.82, 2.24) is 9.71 Å². The third-order valence-corrected chi connectivity index (χ3v) is 3.65. The lowest BCUT2D eigenvalue weighted by atomic mass is 10.3. The maximum Gasteiger partial charge on any atom is 0.246 e. The Morgan fingerprint density at radius 1 is 1.56 bits per heavy atom. The normalized spacial score (nSPS) is 13.6. The standard InChI is InChI=1S/C9H14N2O4S/c1-2-7(6-12)11-16(14,15)9-5-10-4-3-8(9)13/h3-5,7,11-12H,2,6H2,1H3,(H,10,13). The zero-order chi connectivity index (χ0) is 12.2. The summed E-state index contributed by atoms with van der Waals surface area (Å²) in [6.45, 7) is 1.43. The van der Waals surface area contributed by atoms with Crippen LogP contribution in [0.3, 0.4) is 0 Å². The lowest BCUT2D eigenvalue weighted by Gasteiger charge is -2.13. The summed E-state index contributed by atoms with van der Waals surface area (Å²) in [5, 5.41) is 8.89. The molecule has 0 radical (unpaired) electrons. The SMILES string of the molecule is CCC(CO)NS(=O)(=O)c1c[nH]ccc1=O. The molecule has 0 bridgehead atoms. The molecule has 0 aromatic carbocycles. The molecule has 7 heteroatoms. The van der Waals surface area contributed by atoms with E-state index in [1.807, 2.05) is 0 Å². The van der Waals surface area contributed by atoms with E-state index in [0.717, 1.165) is 12.3 Å². The summed E-state index contributed by atoms with van der Waals surface area (Å²) in [5.41, 5.74) is -0.584. The average Bonchev–Trinajstić information content (AvgIpc) is 2.26. The molecule has 0 spiro atoms. The monoisotopic (exact) mass is 246 g/mol. The van der Waals surface area contributed by atoms with E-state index in [2.05, 4.69) is 9.71 Å². The molecule has 0 aliphatic heterocycles. The average molecular weight is 246 g/mol. The van der Waals surface area contributed by atoms with E-state index in [4.69, 9.17) is 5.11 Å². The highest BCUT2D eigenvalue weighted by Crippen LogP contribution is 2.02. The fourth-order valence-electron chi connectivity index (χ4n) is 1.14. The summed E-state index contributed by atoms with van der Waals surface area (Å²) in [4.78, 5) is 13.5. The van der Waals surface area contributed by atoms with Crippen molar-refractivity contribution in [1.29, 1.82) is 0 Å². The fraction of sp³-hybridized carbons (Fsp3) is 0.444. The molecule has 0 saturated carbocycles. The summed E-state index contributed by atoms with van der Waals surface area (Å²) in [5.74, 6) is 0. The smallest absolute Gasteiger partial charge is 0.246 e. The molecule has 90 valence electrons. The molecule has 0 fully saturated rings. The van der Waals surface area contributed by atoms with Gasteiger partial charge in [-0.25, -0.2) is 13.1 Å².